The van der Waals surface area contributed by atoms with Gasteiger partial charge in [-0.15, -0.1) is 0 Å². The van der Waals surface area contributed by atoms with E-state index in [0.29, 0.717) is 25.1 Å². The van der Waals surface area contributed by atoms with E-state index in [4.69, 9.17) is 0 Å². The van der Waals surface area contributed by atoms with Gasteiger partial charge in [0.15, 0.2) is 0 Å². The van der Waals surface area contributed by atoms with E-state index in [0.717, 1.165) is 36.1 Å². The van der Waals surface area contributed by atoms with Crippen molar-refractivity contribution in [3.05, 3.63) is 24.0 Å². The molecule has 25 heavy (non-hydrogen) atoms. The molecule has 2 aliphatic heterocycles. The van der Waals surface area contributed by atoms with Gasteiger partial charge in [-0.3, -0.25) is 0 Å². The van der Waals surface area contributed by atoms with E-state index in [1.807, 2.05) is 19.2 Å². The van der Waals surface area contributed by atoms with Crippen LogP contribution in [0.15, 0.2) is 18.5 Å². The van der Waals surface area contributed by atoms with Crippen LogP contribution in [0.3, 0.4) is 0 Å². The van der Waals surface area contributed by atoms with Crippen molar-refractivity contribution in [1.82, 2.24) is 14.3 Å². The summed E-state index contributed by atoms with van der Waals surface area (Å²) in [6, 6.07) is 4.16. The second-order valence-electron chi connectivity index (χ2n) is 6.91. The predicted octanol–water partition coefficient (Wildman–Crippen LogP) is 1.83. The Hall–Kier alpha value is -2.11. The number of aromatic amines is 1. The van der Waals surface area contributed by atoms with Crippen LogP contribution in [0.1, 0.15) is 31.7 Å². The highest BCUT2D eigenvalue weighted by molar-refractivity contribution is 7.89. The van der Waals surface area contributed by atoms with Crippen molar-refractivity contribution in [3.8, 4) is 6.07 Å². The van der Waals surface area contributed by atoms with Crippen LogP contribution in [0.4, 0.5) is 5.69 Å². The van der Waals surface area contributed by atoms with E-state index in [2.05, 4.69) is 20.9 Å². The number of aromatic nitrogens is 2. The number of rotatable bonds is 4. The molecule has 8 heteroatoms. The highest BCUT2D eigenvalue weighted by Crippen LogP contribution is 2.44. The van der Waals surface area contributed by atoms with E-state index in [-0.39, 0.29) is 11.3 Å². The summed E-state index contributed by atoms with van der Waals surface area (Å²) in [5.41, 5.74) is 1.84. The summed E-state index contributed by atoms with van der Waals surface area (Å²) in [6.07, 6.45) is 5.72. The summed E-state index contributed by atoms with van der Waals surface area (Å²) in [5, 5.41) is 10.4. The van der Waals surface area contributed by atoms with Gasteiger partial charge >= 0.3 is 0 Å². The van der Waals surface area contributed by atoms with Gasteiger partial charge in [-0.05, 0) is 25.3 Å². The topological polar surface area (TPSA) is 93.1 Å². The van der Waals surface area contributed by atoms with Crippen molar-refractivity contribution in [2.75, 3.05) is 30.3 Å². The van der Waals surface area contributed by atoms with Crippen molar-refractivity contribution in [3.63, 3.8) is 0 Å². The smallest absolute Gasteiger partial charge is 0.214 e. The molecule has 0 amide bonds. The largest absolute Gasteiger partial charge is 0.368 e. The van der Waals surface area contributed by atoms with E-state index >= 15 is 0 Å². The van der Waals surface area contributed by atoms with Gasteiger partial charge in [0.1, 0.15) is 11.7 Å². The molecule has 7 nitrogen and oxygen atoms in total. The molecule has 0 saturated carbocycles. The lowest BCUT2D eigenvalue weighted by Crippen LogP contribution is -2.63. The van der Waals surface area contributed by atoms with Crippen molar-refractivity contribution in [1.29, 1.82) is 5.26 Å². The van der Waals surface area contributed by atoms with Gasteiger partial charge in [-0.25, -0.2) is 13.4 Å². The molecule has 0 aliphatic carbocycles. The van der Waals surface area contributed by atoms with Crippen molar-refractivity contribution < 1.29 is 8.42 Å². The zero-order valence-electron chi connectivity index (χ0n) is 14.2. The lowest BCUT2D eigenvalue weighted by atomic mass is 9.87. The summed E-state index contributed by atoms with van der Waals surface area (Å²) in [5.74, 6) is 0.204. The van der Waals surface area contributed by atoms with Gasteiger partial charge in [0, 0.05) is 37.4 Å². The summed E-state index contributed by atoms with van der Waals surface area (Å²) in [7, 11) is -3.20. The summed E-state index contributed by atoms with van der Waals surface area (Å²) in [6.45, 7) is 3.88. The Morgan fingerprint density at radius 2 is 2.20 bits per heavy atom. The summed E-state index contributed by atoms with van der Waals surface area (Å²) >= 11 is 0. The Bertz CT molecular complexity index is 961. The number of nitrogens with one attached hydrogen (secondary N) is 1. The van der Waals surface area contributed by atoms with Crippen LogP contribution in [0, 0.1) is 11.3 Å². The van der Waals surface area contributed by atoms with E-state index in [1.165, 1.54) is 0 Å². The quantitative estimate of drug-likeness (QED) is 0.899. The molecule has 0 bridgehead atoms. The number of sulfonamides is 1. The molecule has 1 N–H and O–H groups in total. The normalized spacial score (nSPS) is 23.9. The number of anilines is 1. The number of hydrogen-bond donors (Lipinski definition) is 1. The number of pyridine rings is 1. The number of nitrogens with zero attached hydrogens (tertiary/aromatic N) is 4. The van der Waals surface area contributed by atoms with Crippen LogP contribution >= 0.6 is 0 Å². The molecule has 132 valence electrons. The molecule has 1 atom stereocenters. The molecule has 0 radical (unpaired) electrons. The molecule has 2 fully saturated rings. The average Bonchev–Trinajstić information content (AvgIpc) is 3.20. The Morgan fingerprint density at radius 1 is 1.40 bits per heavy atom. The van der Waals surface area contributed by atoms with Gasteiger partial charge in [0.2, 0.25) is 10.0 Å². The van der Waals surface area contributed by atoms with Crippen molar-refractivity contribution >= 4 is 26.7 Å². The molecule has 4 heterocycles. The molecular formula is C17H21N5O2S. The molecule has 1 spiro atoms. The summed E-state index contributed by atoms with van der Waals surface area (Å²) in [4.78, 5) is 9.52. The molecule has 1 unspecified atom stereocenters. The third-order valence-electron chi connectivity index (χ3n) is 5.43. The van der Waals surface area contributed by atoms with Crippen LogP contribution in [0.5, 0.6) is 0 Å². The van der Waals surface area contributed by atoms with Crippen LogP contribution in [-0.4, -0.2) is 53.6 Å². The molecule has 2 aliphatic rings. The third kappa shape index (κ3) is 2.41. The highest BCUT2D eigenvalue weighted by Gasteiger charge is 2.54. The number of hydrogen-bond acceptors (Lipinski definition) is 5. The number of fused-ring (bicyclic) bond motifs is 1. The first-order chi connectivity index (χ1) is 12.0. The molecule has 0 aromatic carbocycles. The minimum atomic E-state index is -3.20. The number of nitriles is 1. The first-order valence-electron chi connectivity index (χ1n) is 8.62. The third-order valence-corrected chi connectivity index (χ3v) is 7.60. The van der Waals surface area contributed by atoms with Crippen molar-refractivity contribution in [2.45, 2.75) is 31.7 Å². The fourth-order valence-corrected chi connectivity index (χ4v) is 6.13. The molecule has 2 aromatic rings. The molecule has 2 saturated heterocycles. The SMILES string of the molecule is CCCS(=O)(=O)N1CCC12CCN(c1c(C#N)cnc3[nH]ccc13)C2. The zero-order chi connectivity index (χ0) is 17.7. The predicted molar refractivity (Wildman–Crippen MR) is 95.8 cm³/mol. The first kappa shape index (κ1) is 16.4. The second kappa shape index (κ2) is 5.71. The van der Waals surface area contributed by atoms with E-state index in [1.54, 1.807) is 10.5 Å². The Kier molecular flexibility index (Phi) is 3.74. The fraction of sp³-hybridized carbons (Fsp3) is 0.529. The monoisotopic (exact) mass is 359 g/mol. The highest BCUT2D eigenvalue weighted by atomic mass is 32.2. The fourth-order valence-electron chi connectivity index (χ4n) is 4.19. The lowest BCUT2D eigenvalue weighted by molar-refractivity contribution is 0.0934. The minimum absolute atomic E-state index is 0.204. The minimum Gasteiger partial charge on any atom is -0.368 e. The van der Waals surface area contributed by atoms with E-state index in [9.17, 15) is 13.7 Å². The van der Waals surface area contributed by atoms with Crippen LogP contribution < -0.4 is 4.90 Å². The Morgan fingerprint density at radius 3 is 2.88 bits per heavy atom. The van der Waals surface area contributed by atoms with Crippen LogP contribution in [-0.2, 0) is 10.0 Å². The molecule has 4 rings (SSSR count). The van der Waals surface area contributed by atoms with Gasteiger partial charge in [0.05, 0.1) is 22.5 Å². The van der Waals surface area contributed by atoms with Crippen molar-refractivity contribution in [2.24, 2.45) is 0 Å². The van der Waals surface area contributed by atoms with Gasteiger partial charge < -0.3 is 9.88 Å². The first-order valence-corrected chi connectivity index (χ1v) is 10.2. The molecular weight excluding hydrogens is 338 g/mol. The maximum absolute atomic E-state index is 12.6. The van der Waals surface area contributed by atoms with Crippen LogP contribution in [0.25, 0.3) is 11.0 Å². The van der Waals surface area contributed by atoms with Crippen LogP contribution in [0.2, 0.25) is 0 Å². The van der Waals surface area contributed by atoms with Gasteiger partial charge in [0.25, 0.3) is 0 Å². The van der Waals surface area contributed by atoms with Gasteiger partial charge in [-0.2, -0.15) is 9.57 Å². The van der Waals surface area contributed by atoms with E-state index < -0.39 is 10.0 Å². The second-order valence-corrected chi connectivity index (χ2v) is 8.92. The Labute approximate surface area is 147 Å². The maximum Gasteiger partial charge on any atom is 0.214 e. The standard InChI is InChI=1S/C17H21N5O2S/c1-2-9-25(23,24)22-8-5-17(22)4-7-21(12-17)15-13(10-18)11-20-16-14(15)3-6-19-16/h3,6,11H,2,4-5,7-9,12H2,1H3,(H,19,20). The number of H-pyrrole nitrogens is 1. The lowest BCUT2D eigenvalue weighted by Gasteiger charge is -2.49. The summed E-state index contributed by atoms with van der Waals surface area (Å²) < 4.78 is 26.8. The molecule has 2 aromatic heterocycles. The maximum atomic E-state index is 12.6. The Balaban J connectivity index is 1.68. The zero-order valence-corrected chi connectivity index (χ0v) is 15.0. The van der Waals surface area contributed by atoms with Gasteiger partial charge in [-0.1, -0.05) is 6.92 Å². The average molecular weight is 359 g/mol.